The molecule has 0 aliphatic carbocycles. The third-order valence-corrected chi connectivity index (χ3v) is 2.56. The molecule has 0 aliphatic heterocycles. The summed E-state index contributed by atoms with van der Waals surface area (Å²) in [5, 5.41) is -1.65. The predicted octanol–water partition coefficient (Wildman–Crippen LogP) is 2.62. The molecule has 0 heterocycles. The molecular formula is C8H13F3O2S. The number of carbonyl (C=O) groups excluding carboxylic acids is 1. The highest BCUT2D eigenvalue weighted by atomic mass is 32.2. The van der Waals surface area contributed by atoms with E-state index in [0.717, 1.165) is 0 Å². The average molecular weight is 230 g/mol. The van der Waals surface area contributed by atoms with E-state index < -0.39 is 23.8 Å². The summed E-state index contributed by atoms with van der Waals surface area (Å²) >= 11 is 0.712. The molecule has 14 heavy (non-hydrogen) atoms. The second-order valence-electron chi connectivity index (χ2n) is 2.49. The van der Waals surface area contributed by atoms with Crippen LogP contribution in [0.3, 0.4) is 0 Å². The number of halogens is 3. The van der Waals surface area contributed by atoms with Crippen molar-refractivity contribution in [2.24, 2.45) is 0 Å². The largest absolute Gasteiger partial charge is 0.466 e. The first-order valence-corrected chi connectivity index (χ1v) is 5.30. The molecule has 0 radical (unpaired) electrons. The Kier molecular flexibility index (Phi) is 5.99. The fourth-order valence-corrected chi connectivity index (χ4v) is 1.69. The second kappa shape index (κ2) is 6.16. The summed E-state index contributed by atoms with van der Waals surface area (Å²) in [6, 6.07) is 0. The highest BCUT2D eigenvalue weighted by Crippen LogP contribution is 2.32. The SMILES string of the molecule is CCOC(=O)CC(SCC)C(F)(F)F. The smallest absolute Gasteiger partial charge is 0.401 e. The predicted molar refractivity (Wildman–Crippen MR) is 49.2 cm³/mol. The van der Waals surface area contributed by atoms with Gasteiger partial charge in [-0.1, -0.05) is 6.92 Å². The number of alkyl halides is 3. The Hall–Kier alpha value is -0.390. The molecule has 6 heteroatoms. The molecule has 84 valence electrons. The summed E-state index contributed by atoms with van der Waals surface area (Å²) in [5.41, 5.74) is 0. The summed E-state index contributed by atoms with van der Waals surface area (Å²) in [7, 11) is 0. The first-order valence-electron chi connectivity index (χ1n) is 4.25. The molecule has 0 aromatic carbocycles. The van der Waals surface area contributed by atoms with E-state index in [9.17, 15) is 18.0 Å². The van der Waals surface area contributed by atoms with E-state index in [2.05, 4.69) is 4.74 Å². The van der Waals surface area contributed by atoms with Crippen molar-refractivity contribution in [3.05, 3.63) is 0 Å². The molecular weight excluding hydrogens is 217 g/mol. The standard InChI is InChI=1S/C8H13F3O2S/c1-3-13-7(12)5-6(14-4-2)8(9,10)11/h6H,3-5H2,1-2H3. The minimum atomic E-state index is -4.34. The number of esters is 1. The first-order chi connectivity index (χ1) is 6.41. The third-order valence-electron chi connectivity index (χ3n) is 1.39. The van der Waals surface area contributed by atoms with E-state index in [-0.39, 0.29) is 6.61 Å². The van der Waals surface area contributed by atoms with Gasteiger partial charge in [-0.3, -0.25) is 4.79 Å². The van der Waals surface area contributed by atoms with Crippen LogP contribution in [-0.4, -0.2) is 29.8 Å². The monoisotopic (exact) mass is 230 g/mol. The van der Waals surface area contributed by atoms with Gasteiger partial charge < -0.3 is 4.74 Å². The Morgan fingerprint density at radius 3 is 2.36 bits per heavy atom. The highest BCUT2D eigenvalue weighted by Gasteiger charge is 2.41. The fourth-order valence-electron chi connectivity index (χ4n) is 0.842. The topological polar surface area (TPSA) is 26.3 Å². The van der Waals surface area contributed by atoms with E-state index in [1.54, 1.807) is 13.8 Å². The zero-order valence-corrected chi connectivity index (χ0v) is 8.87. The zero-order valence-electron chi connectivity index (χ0n) is 8.06. The third kappa shape index (κ3) is 5.36. The van der Waals surface area contributed by atoms with Crippen LogP contribution >= 0.6 is 11.8 Å². The molecule has 0 bridgehead atoms. The van der Waals surface area contributed by atoms with E-state index in [4.69, 9.17) is 0 Å². The Bertz CT molecular complexity index is 182. The maximum absolute atomic E-state index is 12.3. The summed E-state index contributed by atoms with van der Waals surface area (Å²) in [6.07, 6.45) is -4.94. The molecule has 0 spiro atoms. The van der Waals surface area contributed by atoms with E-state index >= 15 is 0 Å². The van der Waals surface area contributed by atoms with Gasteiger partial charge in [0.1, 0.15) is 5.25 Å². The van der Waals surface area contributed by atoms with E-state index in [1.165, 1.54) is 0 Å². The molecule has 0 aromatic rings. The lowest BCUT2D eigenvalue weighted by Crippen LogP contribution is -2.29. The van der Waals surface area contributed by atoms with Crippen LogP contribution in [0.4, 0.5) is 13.2 Å². The molecule has 0 rings (SSSR count). The van der Waals surface area contributed by atoms with Gasteiger partial charge in [-0.05, 0) is 12.7 Å². The van der Waals surface area contributed by atoms with Gasteiger partial charge in [0.2, 0.25) is 0 Å². The van der Waals surface area contributed by atoms with Gasteiger partial charge in [-0.15, -0.1) is 11.8 Å². The summed E-state index contributed by atoms with van der Waals surface area (Å²) in [6.45, 7) is 3.29. The van der Waals surface area contributed by atoms with Gasteiger partial charge in [-0.25, -0.2) is 0 Å². The average Bonchev–Trinajstić information content (AvgIpc) is 2.02. The number of hydrogen-bond acceptors (Lipinski definition) is 3. The molecule has 2 nitrogen and oxygen atoms in total. The maximum atomic E-state index is 12.3. The van der Waals surface area contributed by atoms with Crippen LogP contribution < -0.4 is 0 Å². The Morgan fingerprint density at radius 2 is 2.00 bits per heavy atom. The molecule has 0 saturated carbocycles. The quantitative estimate of drug-likeness (QED) is 0.679. The summed E-state index contributed by atoms with van der Waals surface area (Å²) in [5.74, 6) is -0.473. The summed E-state index contributed by atoms with van der Waals surface area (Å²) < 4.78 is 41.3. The van der Waals surface area contributed by atoms with Gasteiger partial charge in [0.05, 0.1) is 13.0 Å². The van der Waals surface area contributed by atoms with Crippen molar-refractivity contribution in [3.8, 4) is 0 Å². The van der Waals surface area contributed by atoms with Crippen LogP contribution in [0.5, 0.6) is 0 Å². The van der Waals surface area contributed by atoms with Crippen LogP contribution in [0.1, 0.15) is 20.3 Å². The minimum absolute atomic E-state index is 0.111. The molecule has 0 saturated heterocycles. The first kappa shape index (κ1) is 13.6. The van der Waals surface area contributed by atoms with Gasteiger partial charge in [-0.2, -0.15) is 13.2 Å². The highest BCUT2D eigenvalue weighted by molar-refractivity contribution is 7.99. The lowest BCUT2D eigenvalue weighted by Gasteiger charge is -2.17. The number of rotatable bonds is 5. The molecule has 1 unspecified atom stereocenters. The molecule has 0 fully saturated rings. The number of thioether (sulfide) groups is 1. The number of carbonyl (C=O) groups is 1. The van der Waals surface area contributed by atoms with Crippen molar-refractivity contribution in [1.82, 2.24) is 0 Å². The Morgan fingerprint density at radius 1 is 1.43 bits per heavy atom. The van der Waals surface area contributed by atoms with E-state index in [0.29, 0.717) is 17.5 Å². The van der Waals surface area contributed by atoms with E-state index in [1.807, 2.05) is 0 Å². The minimum Gasteiger partial charge on any atom is -0.466 e. The lowest BCUT2D eigenvalue weighted by atomic mass is 10.3. The molecule has 0 aliphatic rings. The second-order valence-corrected chi connectivity index (χ2v) is 3.97. The van der Waals surface area contributed by atoms with Crippen LogP contribution in [-0.2, 0) is 9.53 Å². The molecule has 0 amide bonds. The van der Waals surface area contributed by atoms with Gasteiger partial charge in [0, 0.05) is 0 Å². The number of hydrogen-bond donors (Lipinski definition) is 0. The lowest BCUT2D eigenvalue weighted by molar-refractivity contribution is -0.154. The van der Waals surface area contributed by atoms with Gasteiger partial charge in [0.15, 0.2) is 0 Å². The van der Waals surface area contributed by atoms with Crippen molar-refractivity contribution in [2.45, 2.75) is 31.7 Å². The molecule has 0 N–H and O–H groups in total. The van der Waals surface area contributed by atoms with Crippen molar-refractivity contribution in [2.75, 3.05) is 12.4 Å². The molecule has 0 aromatic heterocycles. The van der Waals surface area contributed by atoms with Crippen molar-refractivity contribution in [3.63, 3.8) is 0 Å². The van der Waals surface area contributed by atoms with Crippen LogP contribution in [0.15, 0.2) is 0 Å². The number of ether oxygens (including phenoxy) is 1. The zero-order chi connectivity index (χ0) is 11.2. The maximum Gasteiger partial charge on any atom is 0.401 e. The summed E-state index contributed by atoms with van der Waals surface area (Å²) in [4.78, 5) is 10.8. The van der Waals surface area contributed by atoms with Crippen molar-refractivity contribution < 1.29 is 22.7 Å². The Balaban J connectivity index is 4.16. The van der Waals surface area contributed by atoms with Gasteiger partial charge >= 0.3 is 12.1 Å². The van der Waals surface area contributed by atoms with Crippen molar-refractivity contribution in [1.29, 1.82) is 0 Å². The van der Waals surface area contributed by atoms with Crippen LogP contribution in [0.25, 0.3) is 0 Å². The van der Waals surface area contributed by atoms with Crippen LogP contribution in [0.2, 0.25) is 0 Å². The van der Waals surface area contributed by atoms with Crippen LogP contribution in [0, 0.1) is 0 Å². The van der Waals surface area contributed by atoms with Gasteiger partial charge in [0.25, 0.3) is 0 Å². The fraction of sp³-hybridized carbons (Fsp3) is 0.875. The van der Waals surface area contributed by atoms with Crippen molar-refractivity contribution >= 4 is 17.7 Å². The molecule has 1 atom stereocenters. The normalized spacial score (nSPS) is 13.8. The Labute approximate surface area is 85.2 Å².